The van der Waals surface area contributed by atoms with E-state index >= 15 is 0 Å². The van der Waals surface area contributed by atoms with Gasteiger partial charge in [0.05, 0.1) is 12.2 Å². The van der Waals surface area contributed by atoms with E-state index in [1.165, 1.54) is 0 Å². The van der Waals surface area contributed by atoms with E-state index in [1.54, 1.807) is 0 Å². The number of ether oxygens (including phenoxy) is 1. The Balaban J connectivity index is 2.96. The molecule has 0 amide bonds. The van der Waals surface area contributed by atoms with Crippen molar-refractivity contribution in [2.24, 2.45) is 0 Å². The Morgan fingerprint density at radius 3 is 2.77 bits per heavy atom. The van der Waals surface area contributed by atoms with Crippen LogP contribution in [0.1, 0.15) is 35.5 Å². The van der Waals surface area contributed by atoms with Crippen LogP contribution in [0.15, 0.2) is 6.20 Å². The highest BCUT2D eigenvalue weighted by Gasteiger charge is 2.15. The van der Waals surface area contributed by atoms with Crippen LogP contribution in [-0.2, 0) is 11.2 Å². The Labute approximate surface area is 78.1 Å². The second kappa shape index (κ2) is 4.12. The van der Waals surface area contributed by atoms with Crippen LogP contribution in [0.3, 0.4) is 0 Å². The fourth-order valence-electron chi connectivity index (χ4n) is 1.34. The molecule has 0 spiro atoms. The predicted octanol–water partition coefficient (Wildman–Crippen LogP) is 2.06. The first-order valence-electron chi connectivity index (χ1n) is 4.54. The molecule has 1 aromatic rings. The highest BCUT2D eigenvalue weighted by atomic mass is 16.5. The van der Waals surface area contributed by atoms with Crippen LogP contribution in [0.5, 0.6) is 0 Å². The third-order valence-corrected chi connectivity index (χ3v) is 1.99. The van der Waals surface area contributed by atoms with Gasteiger partial charge in [0.25, 0.3) is 0 Å². The lowest BCUT2D eigenvalue weighted by atomic mass is 10.1. The molecule has 13 heavy (non-hydrogen) atoms. The van der Waals surface area contributed by atoms with Crippen molar-refractivity contribution < 1.29 is 9.53 Å². The molecule has 72 valence electrons. The van der Waals surface area contributed by atoms with Crippen molar-refractivity contribution >= 4 is 5.97 Å². The summed E-state index contributed by atoms with van der Waals surface area (Å²) in [6.07, 6.45) is 2.66. The summed E-state index contributed by atoms with van der Waals surface area (Å²) in [6, 6.07) is 0. The Kier molecular flexibility index (Phi) is 3.12. The summed E-state index contributed by atoms with van der Waals surface area (Å²) in [4.78, 5) is 14.5. The molecule has 0 aliphatic carbocycles. The van der Waals surface area contributed by atoms with Crippen LogP contribution < -0.4 is 0 Å². The van der Waals surface area contributed by atoms with Crippen molar-refractivity contribution in [1.82, 2.24) is 4.98 Å². The molecule has 0 fully saturated rings. The third-order valence-electron chi connectivity index (χ3n) is 1.99. The Hall–Kier alpha value is -1.25. The van der Waals surface area contributed by atoms with Crippen molar-refractivity contribution in [2.75, 3.05) is 6.61 Å². The van der Waals surface area contributed by atoms with Gasteiger partial charge in [0.15, 0.2) is 0 Å². The molecule has 0 aliphatic heterocycles. The normalized spacial score (nSPS) is 10.1. The molecule has 1 heterocycles. The van der Waals surface area contributed by atoms with Crippen molar-refractivity contribution in [2.45, 2.75) is 27.2 Å². The lowest BCUT2D eigenvalue weighted by molar-refractivity contribution is 0.0524. The van der Waals surface area contributed by atoms with Crippen LogP contribution in [0.25, 0.3) is 0 Å². The molecule has 0 aliphatic rings. The van der Waals surface area contributed by atoms with Gasteiger partial charge in [-0.25, -0.2) is 4.79 Å². The van der Waals surface area contributed by atoms with Gasteiger partial charge < -0.3 is 9.72 Å². The minimum atomic E-state index is -0.224. The smallest absolute Gasteiger partial charge is 0.340 e. The second-order valence-electron chi connectivity index (χ2n) is 2.90. The van der Waals surface area contributed by atoms with Crippen LogP contribution in [0.4, 0.5) is 0 Å². The lowest BCUT2D eigenvalue weighted by Crippen LogP contribution is -2.07. The van der Waals surface area contributed by atoms with Gasteiger partial charge in [-0.15, -0.1) is 0 Å². The van der Waals surface area contributed by atoms with E-state index in [-0.39, 0.29) is 5.97 Å². The average molecular weight is 181 g/mol. The first-order valence-corrected chi connectivity index (χ1v) is 4.54. The zero-order valence-electron chi connectivity index (χ0n) is 8.31. The largest absolute Gasteiger partial charge is 0.462 e. The minimum absolute atomic E-state index is 0.224. The van der Waals surface area contributed by atoms with E-state index in [0.29, 0.717) is 12.2 Å². The molecule has 0 saturated heterocycles. The minimum Gasteiger partial charge on any atom is -0.462 e. The van der Waals surface area contributed by atoms with Crippen molar-refractivity contribution in [3.8, 4) is 0 Å². The van der Waals surface area contributed by atoms with Gasteiger partial charge in [0.2, 0.25) is 0 Å². The summed E-state index contributed by atoms with van der Waals surface area (Å²) >= 11 is 0. The fraction of sp³-hybridized carbons (Fsp3) is 0.500. The van der Waals surface area contributed by atoms with Gasteiger partial charge >= 0.3 is 5.97 Å². The van der Waals surface area contributed by atoms with E-state index in [0.717, 1.165) is 17.7 Å². The number of hydrogen-bond acceptors (Lipinski definition) is 2. The van der Waals surface area contributed by atoms with Crippen molar-refractivity contribution in [1.29, 1.82) is 0 Å². The first-order chi connectivity index (χ1) is 6.20. The number of aromatic amines is 1. The molecule has 3 heteroatoms. The summed E-state index contributed by atoms with van der Waals surface area (Å²) in [5.74, 6) is -0.224. The van der Waals surface area contributed by atoms with Crippen LogP contribution >= 0.6 is 0 Å². The van der Waals surface area contributed by atoms with E-state index in [9.17, 15) is 4.79 Å². The Bertz CT molecular complexity index is 302. The molecule has 0 bridgehead atoms. The highest BCUT2D eigenvalue weighted by Crippen LogP contribution is 2.14. The van der Waals surface area contributed by atoms with Crippen LogP contribution in [0, 0.1) is 6.92 Å². The zero-order valence-corrected chi connectivity index (χ0v) is 8.31. The van der Waals surface area contributed by atoms with Gasteiger partial charge in [-0.3, -0.25) is 0 Å². The lowest BCUT2D eigenvalue weighted by Gasteiger charge is -2.02. The van der Waals surface area contributed by atoms with Crippen molar-refractivity contribution in [3.63, 3.8) is 0 Å². The van der Waals surface area contributed by atoms with Crippen LogP contribution in [0.2, 0.25) is 0 Å². The number of carbonyl (C=O) groups excluding carboxylic acids is 1. The SMILES string of the molecule is CCOC(=O)c1c(C)c[nH]c1CC. The van der Waals surface area contributed by atoms with Gasteiger partial charge in [-0.1, -0.05) is 6.92 Å². The molecule has 0 saturated carbocycles. The van der Waals surface area contributed by atoms with Gasteiger partial charge in [-0.05, 0) is 25.8 Å². The second-order valence-corrected chi connectivity index (χ2v) is 2.90. The Morgan fingerprint density at radius 2 is 2.23 bits per heavy atom. The third kappa shape index (κ3) is 1.91. The molecule has 0 unspecified atom stereocenters. The van der Waals surface area contributed by atoms with Crippen molar-refractivity contribution in [3.05, 3.63) is 23.0 Å². The molecule has 1 rings (SSSR count). The maximum absolute atomic E-state index is 11.5. The van der Waals surface area contributed by atoms with E-state index in [2.05, 4.69) is 4.98 Å². The molecular weight excluding hydrogens is 166 g/mol. The van der Waals surface area contributed by atoms with Gasteiger partial charge in [0, 0.05) is 11.9 Å². The van der Waals surface area contributed by atoms with E-state index < -0.39 is 0 Å². The standard InChI is InChI=1S/C10H15NO2/c1-4-8-9(7(3)6-11-8)10(12)13-5-2/h6,11H,4-5H2,1-3H3. The molecule has 3 nitrogen and oxygen atoms in total. The monoisotopic (exact) mass is 181 g/mol. The molecular formula is C10H15NO2. The number of rotatable bonds is 3. The summed E-state index contributed by atoms with van der Waals surface area (Å²) in [5, 5.41) is 0. The topological polar surface area (TPSA) is 42.1 Å². The average Bonchev–Trinajstić information content (AvgIpc) is 2.47. The number of aromatic nitrogens is 1. The molecule has 1 N–H and O–H groups in total. The quantitative estimate of drug-likeness (QED) is 0.725. The van der Waals surface area contributed by atoms with E-state index in [4.69, 9.17) is 4.74 Å². The number of H-pyrrole nitrogens is 1. The number of nitrogens with one attached hydrogen (secondary N) is 1. The number of aryl methyl sites for hydroxylation is 2. The van der Waals surface area contributed by atoms with Crippen LogP contribution in [-0.4, -0.2) is 17.6 Å². The zero-order chi connectivity index (χ0) is 9.84. The summed E-state index contributed by atoms with van der Waals surface area (Å²) in [5.41, 5.74) is 2.61. The maximum atomic E-state index is 11.5. The molecule has 1 aromatic heterocycles. The summed E-state index contributed by atoms with van der Waals surface area (Å²) in [7, 11) is 0. The Morgan fingerprint density at radius 1 is 1.54 bits per heavy atom. The summed E-state index contributed by atoms with van der Waals surface area (Å²) in [6.45, 7) is 6.15. The predicted molar refractivity (Wildman–Crippen MR) is 50.9 cm³/mol. The number of carbonyl (C=O) groups is 1. The summed E-state index contributed by atoms with van der Waals surface area (Å²) < 4.78 is 4.95. The molecule has 0 radical (unpaired) electrons. The highest BCUT2D eigenvalue weighted by molar-refractivity contribution is 5.92. The van der Waals surface area contributed by atoms with Gasteiger partial charge in [-0.2, -0.15) is 0 Å². The molecule has 0 aromatic carbocycles. The number of esters is 1. The van der Waals surface area contributed by atoms with Gasteiger partial charge in [0.1, 0.15) is 0 Å². The van der Waals surface area contributed by atoms with E-state index in [1.807, 2.05) is 27.0 Å². The fourth-order valence-corrected chi connectivity index (χ4v) is 1.34. The number of hydrogen-bond donors (Lipinski definition) is 1. The first kappa shape index (κ1) is 9.84. The maximum Gasteiger partial charge on any atom is 0.340 e. The molecule has 0 atom stereocenters.